The molecule has 0 aromatic heterocycles. The van der Waals surface area contributed by atoms with E-state index in [0.717, 1.165) is 15.8 Å². The SMILES string of the molecule is Nc1cc(O)ccc1COc1ccc(Br)cc1. The number of aromatic hydroxyl groups is 1. The van der Waals surface area contributed by atoms with Gasteiger partial charge in [0.1, 0.15) is 18.1 Å². The molecule has 0 aliphatic rings. The fourth-order valence-corrected chi connectivity index (χ4v) is 1.67. The molecule has 0 unspecified atom stereocenters. The van der Waals surface area contributed by atoms with Crippen LogP contribution in [0, 0.1) is 0 Å². The number of halogens is 1. The largest absolute Gasteiger partial charge is 0.508 e. The smallest absolute Gasteiger partial charge is 0.119 e. The number of ether oxygens (including phenoxy) is 1. The summed E-state index contributed by atoms with van der Waals surface area (Å²) < 4.78 is 6.59. The quantitative estimate of drug-likeness (QED) is 0.854. The van der Waals surface area contributed by atoms with Crippen molar-refractivity contribution < 1.29 is 9.84 Å². The molecular formula is C13H12BrNO2. The van der Waals surface area contributed by atoms with Crippen molar-refractivity contribution in [3.63, 3.8) is 0 Å². The van der Waals surface area contributed by atoms with Gasteiger partial charge in [-0.25, -0.2) is 0 Å². The van der Waals surface area contributed by atoms with E-state index in [1.165, 1.54) is 6.07 Å². The van der Waals surface area contributed by atoms with Gasteiger partial charge < -0.3 is 15.6 Å². The van der Waals surface area contributed by atoms with Crippen LogP contribution in [0.3, 0.4) is 0 Å². The van der Waals surface area contributed by atoms with Gasteiger partial charge in [0.05, 0.1) is 0 Å². The number of hydrogen-bond donors (Lipinski definition) is 2. The molecule has 0 fully saturated rings. The van der Waals surface area contributed by atoms with Crippen LogP contribution in [0.5, 0.6) is 11.5 Å². The minimum Gasteiger partial charge on any atom is -0.508 e. The monoisotopic (exact) mass is 293 g/mol. The van der Waals surface area contributed by atoms with E-state index >= 15 is 0 Å². The molecule has 0 heterocycles. The third-order valence-corrected chi connectivity index (χ3v) is 2.87. The van der Waals surface area contributed by atoms with Crippen LogP contribution < -0.4 is 10.5 Å². The molecule has 0 saturated carbocycles. The van der Waals surface area contributed by atoms with E-state index in [9.17, 15) is 5.11 Å². The summed E-state index contributed by atoms with van der Waals surface area (Å²) in [5.41, 5.74) is 7.14. The Kier molecular flexibility index (Phi) is 3.54. The van der Waals surface area contributed by atoms with Crippen molar-refractivity contribution in [2.45, 2.75) is 6.61 Å². The second kappa shape index (κ2) is 5.10. The molecule has 17 heavy (non-hydrogen) atoms. The Morgan fingerprint density at radius 2 is 1.82 bits per heavy atom. The summed E-state index contributed by atoms with van der Waals surface area (Å²) in [6.07, 6.45) is 0. The highest BCUT2D eigenvalue weighted by atomic mass is 79.9. The molecule has 3 nitrogen and oxygen atoms in total. The predicted molar refractivity (Wildman–Crippen MR) is 71.0 cm³/mol. The summed E-state index contributed by atoms with van der Waals surface area (Å²) in [7, 11) is 0. The first-order valence-electron chi connectivity index (χ1n) is 5.11. The maximum atomic E-state index is 9.23. The molecule has 0 aliphatic carbocycles. The fraction of sp³-hybridized carbons (Fsp3) is 0.0769. The third kappa shape index (κ3) is 3.14. The van der Waals surface area contributed by atoms with Crippen LogP contribution in [0.25, 0.3) is 0 Å². The van der Waals surface area contributed by atoms with Gasteiger partial charge in [-0.05, 0) is 36.4 Å². The Hall–Kier alpha value is -1.68. The summed E-state index contributed by atoms with van der Waals surface area (Å²) in [4.78, 5) is 0. The highest BCUT2D eigenvalue weighted by Crippen LogP contribution is 2.21. The van der Waals surface area contributed by atoms with Crippen molar-refractivity contribution >= 4 is 21.6 Å². The number of nitrogens with two attached hydrogens (primary N) is 1. The Morgan fingerprint density at radius 1 is 1.12 bits per heavy atom. The normalized spacial score (nSPS) is 10.2. The molecule has 4 heteroatoms. The molecule has 3 N–H and O–H groups in total. The van der Waals surface area contributed by atoms with Gasteiger partial charge in [-0.15, -0.1) is 0 Å². The number of nitrogen functional groups attached to an aromatic ring is 1. The van der Waals surface area contributed by atoms with Crippen LogP contribution in [-0.4, -0.2) is 5.11 Å². The average Bonchev–Trinajstić information content (AvgIpc) is 2.30. The summed E-state index contributed by atoms with van der Waals surface area (Å²) in [5, 5.41) is 9.23. The van der Waals surface area contributed by atoms with E-state index in [-0.39, 0.29) is 5.75 Å². The molecule has 0 radical (unpaired) electrons. The van der Waals surface area contributed by atoms with Crippen molar-refractivity contribution in [3.8, 4) is 11.5 Å². The molecule has 0 saturated heterocycles. The van der Waals surface area contributed by atoms with Gasteiger partial charge in [0.25, 0.3) is 0 Å². The van der Waals surface area contributed by atoms with Crippen molar-refractivity contribution in [1.82, 2.24) is 0 Å². The van der Waals surface area contributed by atoms with Gasteiger partial charge in [-0.2, -0.15) is 0 Å². The lowest BCUT2D eigenvalue weighted by Crippen LogP contribution is -1.99. The molecule has 2 rings (SSSR count). The van der Waals surface area contributed by atoms with Gasteiger partial charge in [0.15, 0.2) is 0 Å². The van der Waals surface area contributed by atoms with E-state index in [1.807, 2.05) is 24.3 Å². The van der Waals surface area contributed by atoms with Gasteiger partial charge in [0.2, 0.25) is 0 Å². The first-order chi connectivity index (χ1) is 8.15. The van der Waals surface area contributed by atoms with Gasteiger partial charge in [0, 0.05) is 21.8 Å². The van der Waals surface area contributed by atoms with Crippen LogP contribution in [0.4, 0.5) is 5.69 Å². The lowest BCUT2D eigenvalue weighted by Gasteiger charge is -2.08. The lowest BCUT2D eigenvalue weighted by atomic mass is 10.2. The van der Waals surface area contributed by atoms with E-state index in [4.69, 9.17) is 10.5 Å². The first kappa shape index (κ1) is 11.8. The van der Waals surface area contributed by atoms with E-state index in [1.54, 1.807) is 12.1 Å². The molecular weight excluding hydrogens is 282 g/mol. The molecule has 88 valence electrons. The minimum absolute atomic E-state index is 0.162. The number of phenolic OH excluding ortho intramolecular Hbond substituents is 1. The molecule has 0 spiro atoms. The van der Waals surface area contributed by atoms with E-state index in [0.29, 0.717) is 12.3 Å². The second-order valence-corrected chi connectivity index (χ2v) is 4.54. The van der Waals surface area contributed by atoms with Crippen LogP contribution in [0.15, 0.2) is 46.9 Å². The van der Waals surface area contributed by atoms with Crippen molar-refractivity contribution in [2.24, 2.45) is 0 Å². The summed E-state index contributed by atoms with van der Waals surface area (Å²) in [6.45, 7) is 0.383. The number of rotatable bonds is 3. The number of benzene rings is 2. The summed E-state index contributed by atoms with van der Waals surface area (Å²) in [5.74, 6) is 0.940. The van der Waals surface area contributed by atoms with Gasteiger partial charge in [-0.1, -0.05) is 15.9 Å². The van der Waals surface area contributed by atoms with Crippen LogP contribution in [0.1, 0.15) is 5.56 Å². The lowest BCUT2D eigenvalue weighted by molar-refractivity contribution is 0.306. The van der Waals surface area contributed by atoms with Gasteiger partial charge in [-0.3, -0.25) is 0 Å². The average molecular weight is 294 g/mol. The standard InChI is InChI=1S/C13H12BrNO2/c14-10-2-5-12(6-3-10)17-8-9-1-4-11(16)7-13(9)15/h1-7,16H,8,15H2. The van der Waals surface area contributed by atoms with Crippen molar-refractivity contribution in [3.05, 3.63) is 52.5 Å². The van der Waals surface area contributed by atoms with Crippen molar-refractivity contribution in [1.29, 1.82) is 0 Å². The number of anilines is 1. The zero-order valence-electron chi connectivity index (χ0n) is 9.06. The van der Waals surface area contributed by atoms with Crippen LogP contribution in [0.2, 0.25) is 0 Å². The maximum absolute atomic E-state index is 9.23. The number of phenols is 1. The minimum atomic E-state index is 0.162. The predicted octanol–water partition coefficient (Wildman–Crippen LogP) is 3.32. The zero-order chi connectivity index (χ0) is 12.3. The highest BCUT2D eigenvalue weighted by molar-refractivity contribution is 9.10. The Bertz CT molecular complexity index is 511. The highest BCUT2D eigenvalue weighted by Gasteiger charge is 2.01. The summed E-state index contributed by atoms with van der Waals surface area (Å²) >= 11 is 3.36. The molecule has 0 amide bonds. The zero-order valence-corrected chi connectivity index (χ0v) is 10.6. The molecule has 2 aromatic rings. The van der Waals surface area contributed by atoms with E-state index < -0.39 is 0 Å². The topological polar surface area (TPSA) is 55.5 Å². The third-order valence-electron chi connectivity index (χ3n) is 2.34. The van der Waals surface area contributed by atoms with Gasteiger partial charge >= 0.3 is 0 Å². The van der Waals surface area contributed by atoms with Crippen molar-refractivity contribution in [2.75, 3.05) is 5.73 Å². The van der Waals surface area contributed by atoms with Crippen LogP contribution >= 0.6 is 15.9 Å². The molecule has 0 bridgehead atoms. The van der Waals surface area contributed by atoms with E-state index in [2.05, 4.69) is 15.9 Å². The molecule has 0 atom stereocenters. The molecule has 2 aromatic carbocycles. The number of hydrogen-bond acceptors (Lipinski definition) is 3. The Labute approximate surface area is 108 Å². The maximum Gasteiger partial charge on any atom is 0.119 e. The molecule has 0 aliphatic heterocycles. The first-order valence-corrected chi connectivity index (χ1v) is 5.90. The fourth-order valence-electron chi connectivity index (χ4n) is 1.41. The second-order valence-electron chi connectivity index (χ2n) is 3.63. The summed E-state index contributed by atoms with van der Waals surface area (Å²) in [6, 6.07) is 12.4. The Morgan fingerprint density at radius 3 is 2.47 bits per heavy atom. The van der Waals surface area contributed by atoms with Crippen LogP contribution in [-0.2, 0) is 6.61 Å². The Balaban J connectivity index is 2.04.